The Kier molecular flexibility index (Phi) is 3.94. The van der Waals surface area contributed by atoms with Gasteiger partial charge in [0.05, 0.1) is 11.5 Å². The Morgan fingerprint density at radius 2 is 1.89 bits per heavy atom. The second kappa shape index (κ2) is 5.33. The van der Waals surface area contributed by atoms with Crippen LogP contribution in [0.15, 0.2) is 24.3 Å². The van der Waals surface area contributed by atoms with E-state index in [0.717, 1.165) is 0 Å². The van der Waals surface area contributed by atoms with E-state index in [2.05, 4.69) is 19.2 Å². The van der Waals surface area contributed by atoms with Crippen LogP contribution in [0, 0.1) is 0 Å². The van der Waals surface area contributed by atoms with E-state index in [1.165, 1.54) is 5.56 Å². The molecule has 1 aromatic carbocycles. The topological polar surface area (TPSA) is 63.2 Å². The summed E-state index contributed by atoms with van der Waals surface area (Å²) in [6, 6.07) is 7.19. The monoisotopic (exact) mass is 281 g/mol. The van der Waals surface area contributed by atoms with Gasteiger partial charge in [-0.25, -0.2) is 8.42 Å². The maximum absolute atomic E-state index is 12.0. The first-order valence-corrected chi connectivity index (χ1v) is 8.31. The van der Waals surface area contributed by atoms with E-state index in [4.69, 9.17) is 0 Å². The number of amides is 1. The van der Waals surface area contributed by atoms with Crippen LogP contribution < -0.4 is 5.32 Å². The summed E-state index contributed by atoms with van der Waals surface area (Å²) in [6.07, 6.45) is 0.512. The highest BCUT2D eigenvalue weighted by Gasteiger charge is 2.29. The molecule has 0 spiro atoms. The number of nitrogens with one attached hydrogen (secondary N) is 1. The summed E-state index contributed by atoms with van der Waals surface area (Å²) in [7, 11) is -2.96. The normalized spacial score (nSPS) is 21.5. The lowest BCUT2D eigenvalue weighted by atomic mass is 10.0. The molecule has 1 aliphatic heterocycles. The summed E-state index contributed by atoms with van der Waals surface area (Å²) in [5.41, 5.74) is 1.76. The molecule has 5 heteroatoms. The summed E-state index contributed by atoms with van der Waals surface area (Å²) in [4.78, 5) is 12.0. The van der Waals surface area contributed by atoms with Crippen LogP contribution in [-0.2, 0) is 9.84 Å². The van der Waals surface area contributed by atoms with Crippen molar-refractivity contribution in [1.82, 2.24) is 5.32 Å². The van der Waals surface area contributed by atoms with Crippen molar-refractivity contribution in [3.8, 4) is 0 Å². The number of carbonyl (C=O) groups excluding carboxylic acids is 1. The molecule has 1 aliphatic rings. The zero-order valence-corrected chi connectivity index (χ0v) is 12.0. The highest BCUT2D eigenvalue weighted by molar-refractivity contribution is 7.91. The van der Waals surface area contributed by atoms with Gasteiger partial charge in [0, 0.05) is 11.6 Å². The van der Waals surface area contributed by atoms with Crippen molar-refractivity contribution in [2.75, 3.05) is 11.5 Å². The van der Waals surface area contributed by atoms with Crippen molar-refractivity contribution in [3.63, 3.8) is 0 Å². The molecule has 19 heavy (non-hydrogen) atoms. The van der Waals surface area contributed by atoms with Gasteiger partial charge in [-0.05, 0) is 30.0 Å². The van der Waals surface area contributed by atoms with Gasteiger partial charge in [0.15, 0.2) is 9.84 Å². The quantitative estimate of drug-likeness (QED) is 0.917. The van der Waals surface area contributed by atoms with Crippen molar-refractivity contribution in [2.24, 2.45) is 0 Å². The lowest BCUT2D eigenvalue weighted by Crippen LogP contribution is -2.35. The van der Waals surface area contributed by atoms with Gasteiger partial charge in [-0.3, -0.25) is 4.79 Å². The van der Waals surface area contributed by atoms with Crippen LogP contribution in [-0.4, -0.2) is 31.9 Å². The molecule has 4 nitrogen and oxygen atoms in total. The third-order valence-electron chi connectivity index (χ3n) is 3.41. The van der Waals surface area contributed by atoms with Crippen LogP contribution in [0.2, 0.25) is 0 Å². The standard InChI is InChI=1S/C14H19NO3S/c1-10(2)11-3-5-12(6-4-11)14(16)15-13-7-8-19(17,18)9-13/h3-6,10,13H,7-9H2,1-2H3,(H,15,16)/t13-/m0/s1. The van der Waals surface area contributed by atoms with E-state index in [1.807, 2.05) is 12.1 Å². The fourth-order valence-electron chi connectivity index (χ4n) is 2.20. The predicted molar refractivity (Wildman–Crippen MR) is 75.1 cm³/mol. The van der Waals surface area contributed by atoms with Crippen molar-refractivity contribution in [3.05, 3.63) is 35.4 Å². The molecule has 0 aliphatic carbocycles. The molecule has 1 atom stereocenters. The molecule has 0 bridgehead atoms. The number of benzene rings is 1. The largest absolute Gasteiger partial charge is 0.348 e. The average molecular weight is 281 g/mol. The first kappa shape index (κ1) is 14.1. The van der Waals surface area contributed by atoms with E-state index in [9.17, 15) is 13.2 Å². The van der Waals surface area contributed by atoms with Crippen molar-refractivity contribution in [2.45, 2.75) is 32.2 Å². The second-order valence-corrected chi connectivity index (χ2v) is 7.58. The fourth-order valence-corrected chi connectivity index (χ4v) is 3.87. The van der Waals surface area contributed by atoms with Crippen LogP contribution in [0.4, 0.5) is 0 Å². The lowest BCUT2D eigenvalue weighted by Gasteiger charge is -2.11. The van der Waals surface area contributed by atoms with Crippen LogP contribution >= 0.6 is 0 Å². The van der Waals surface area contributed by atoms with Crippen molar-refractivity contribution >= 4 is 15.7 Å². The molecule has 1 heterocycles. The van der Waals surface area contributed by atoms with Gasteiger partial charge in [0.1, 0.15) is 0 Å². The molecule has 1 fully saturated rings. The Labute approximate surface area is 114 Å². The second-order valence-electron chi connectivity index (χ2n) is 5.35. The molecule has 1 saturated heterocycles. The van der Waals surface area contributed by atoms with Crippen LogP contribution in [0.1, 0.15) is 42.1 Å². The lowest BCUT2D eigenvalue weighted by molar-refractivity contribution is 0.0941. The smallest absolute Gasteiger partial charge is 0.251 e. The SMILES string of the molecule is CC(C)c1ccc(C(=O)N[C@H]2CCS(=O)(=O)C2)cc1. The highest BCUT2D eigenvalue weighted by atomic mass is 32.2. The van der Waals surface area contributed by atoms with Crippen LogP contribution in [0.5, 0.6) is 0 Å². The Hall–Kier alpha value is -1.36. The highest BCUT2D eigenvalue weighted by Crippen LogP contribution is 2.16. The molecule has 0 saturated carbocycles. The molecule has 1 aromatic rings. The maximum Gasteiger partial charge on any atom is 0.251 e. The molecule has 0 radical (unpaired) electrons. The van der Waals surface area contributed by atoms with E-state index < -0.39 is 9.84 Å². The molecule has 1 N–H and O–H groups in total. The molecular formula is C14H19NO3S. The van der Waals surface area contributed by atoms with Gasteiger partial charge in [-0.15, -0.1) is 0 Å². The summed E-state index contributed by atoms with van der Waals surface area (Å²) >= 11 is 0. The third kappa shape index (κ3) is 3.56. The van der Waals surface area contributed by atoms with E-state index in [1.54, 1.807) is 12.1 Å². The molecule has 0 aromatic heterocycles. The van der Waals surface area contributed by atoms with Gasteiger partial charge in [-0.1, -0.05) is 26.0 Å². The van der Waals surface area contributed by atoms with Gasteiger partial charge in [0.25, 0.3) is 5.91 Å². The minimum absolute atomic E-state index is 0.0584. The van der Waals surface area contributed by atoms with Gasteiger partial charge >= 0.3 is 0 Å². The minimum Gasteiger partial charge on any atom is -0.348 e. The first-order chi connectivity index (χ1) is 8.87. The van der Waals surface area contributed by atoms with Gasteiger partial charge in [-0.2, -0.15) is 0 Å². The number of rotatable bonds is 3. The Bertz CT molecular complexity index is 561. The third-order valence-corrected chi connectivity index (χ3v) is 5.18. The molecule has 2 rings (SSSR count). The van der Waals surface area contributed by atoms with E-state index >= 15 is 0 Å². The maximum atomic E-state index is 12.0. The zero-order valence-electron chi connectivity index (χ0n) is 11.2. The summed E-state index contributed by atoms with van der Waals surface area (Å²) in [5.74, 6) is 0.460. The minimum atomic E-state index is -2.96. The van der Waals surface area contributed by atoms with E-state index in [-0.39, 0.29) is 23.5 Å². The Balaban J connectivity index is 2.00. The summed E-state index contributed by atoms with van der Waals surface area (Å²) in [5, 5.41) is 2.78. The van der Waals surface area contributed by atoms with Crippen LogP contribution in [0.3, 0.4) is 0 Å². The Morgan fingerprint density at radius 1 is 1.26 bits per heavy atom. The van der Waals surface area contributed by atoms with Crippen LogP contribution in [0.25, 0.3) is 0 Å². The number of hydrogen-bond donors (Lipinski definition) is 1. The number of hydrogen-bond acceptors (Lipinski definition) is 3. The van der Waals surface area contributed by atoms with Crippen molar-refractivity contribution < 1.29 is 13.2 Å². The fraction of sp³-hybridized carbons (Fsp3) is 0.500. The summed E-state index contributed by atoms with van der Waals surface area (Å²) < 4.78 is 22.7. The first-order valence-electron chi connectivity index (χ1n) is 6.48. The average Bonchev–Trinajstić information content (AvgIpc) is 2.68. The number of carbonyl (C=O) groups is 1. The molecule has 0 unspecified atom stereocenters. The Morgan fingerprint density at radius 3 is 2.37 bits per heavy atom. The molecule has 104 valence electrons. The van der Waals surface area contributed by atoms with Crippen molar-refractivity contribution in [1.29, 1.82) is 0 Å². The predicted octanol–water partition coefficient (Wildman–Crippen LogP) is 1.73. The zero-order chi connectivity index (χ0) is 14.0. The van der Waals surface area contributed by atoms with Gasteiger partial charge < -0.3 is 5.32 Å². The molecular weight excluding hydrogens is 262 g/mol. The molecule has 1 amide bonds. The van der Waals surface area contributed by atoms with E-state index in [0.29, 0.717) is 17.9 Å². The summed E-state index contributed by atoms with van der Waals surface area (Å²) in [6.45, 7) is 4.19. The number of sulfone groups is 1. The van der Waals surface area contributed by atoms with Gasteiger partial charge in [0.2, 0.25) is 0 Å².